The van der Waals surface area contributed by atoms with Crippen LogP contribution in [0.5, 0.6) is 0 Å². The maximum Gasteiger partial charge on any atom is 0.382 e. The highest BCUT2D eigenvalue weighted by Crippen LogP contribution is 1.88. The van der Waals surface area contributed by atoms with E-state index in [1.54, 1.807) is 0 Å². The fourth-order valence-corrected chi connectivity index (χ4v) is 0.421. The van der Waals surface area contributed by atoms with E-state index < -0.39 is 16.8 Å². The van der Waals surface area contributed by atoms with E-state index >= 15 is 0 Å². The molecule has 0 spiro atoms. The van der Waals surface area contributed by atoms with Gasteiger partial charge in [-0.1, -0.05) is 5.10 Å². The van der Waals surface area contributed by atoms with E-state index in [4.69, 9.17) is 5.11 Å². The van der Waals surface area contributed by atoms with Gasteiger partial charge in [0.1, 0.15) is 5.21 Å². The summed E-state index contributed by atoms with van der Waals surface area (Å²) in [4.78, 5) is 20.0. The summed E-state index contributed by atoms with van der Waals surface area (Å²) in [6, 6.07) is 0. The molecule has 0 radical (unpaired) electrons. The van der Waals surface area contributed by atoms with Crippen LogP contribution in [-0.2, 0) is 0 Å². The number of carbonyl (C=O) groups is 1. The van der Waals surface area contributed by atoms with Crippen LogP contribution in [0.25, 0.3) is 0 Å². The summed E-state index contributed by atoms with van der Waals surface area (Å²) in [7, 11) is 0. The number of hydrogen-bond donors (Lipinski definition) is 1. The summed E-state index contributed by atoms with van der Waals surface area (Å²) in [6.07, 6.45) is 0. The molecule has 58 valence electrons. The van der Waals surface area contributed by atoms with Crippen molar-refractivity contribution in [2.24, 2.45) is 0 Å². The number of aromatic nitrogens is 4. The van der Waals surface area contributed by atoms with Gasteiger partial charge in [-0.25, -0.2) is 4.79 Å². The molecule has 9 nitrogen and oxygen atoms in total. The SMILES string of the molecule is O=C(O)c1nnnn1[N+](=O)[O-]. The van der Waals surface area contributed by atoms with Crippen LogP contribution in [-0.4, -0.2) is 36.4 Å². The van der Waals surface area contributed by atoms with E-state index in [1.165, 1.54) is 0 Å². The van der Waals surface area contributed by atoms with Crippen LogP contribution in [0.2, 0.25) is 0 Å². The summed E-state index contributed by atoms with van der Waals surface area (Å²) in [5, 5.41) is 25.7. The number of nitro groups is 1. The van der Waals surface area contributed by atoms with E-state index in [2.05, 4.69) is 15.5 Å². The first-order chi connectivity index (χ1) is 5.13. The maximum atomic E-state index is 10.1. The standard InChI is InChI=1S/C2HN5O4/c8-2(9)1-3-4-5-6(1)7(10)11/h(H,8,9). The van der Waals surface area contributed by atoms with Crippen molar-refractivity contribution < 1.29 is 14.9 Å². The van der Waals surface area contributed by atoms with Gasteiger partial charge >= 0.3 is 11.8 Å². The number of tetrazole rings is 1. The van der Waals surface area contributed by atoms with Gasteiger partial charge in [0.2, 0.25) is 5.21 Å². The largest absolute Gasteiger partial charge is 0.475 e. The van der Waals surface area contributed by atoms with E-state index in [-0.39, 0.29) is 4.79 Å². The molecular formula is C2HN5O4. The van der Waals surface area contributed by atoms with Gasteiger partial charge in [0, 0.05) is 0 Å². The van der Waals surface area contributed by atoms with E-state index in [1.807, 2.05) is 0 Å². The quantitative estimate of drug-likeness (QED) is 0.407. The van der Waals surface area contributed by atoms with Gasteiger partial charge in [-0.3, -0.25) is 0 Å². The molecule has 0 saturated heterocycles. The van der Waals surface area contributed by atoms with Crippen molar-refractivity contribution >= 4 is 5.97 Å². The summed E-state index contributed by atoms with van der Waals surface area (Å²) >= 11 is 0. The highest BCUT2D eigenvalue weighted by atomic mass is 16.7. The fourth-order valence-electron chi connectivity index (χ4n) is 0.421. The first-order valence-corrected chi connectivity index (χ1v) is 2.29. The first kappa shape index (κ1) is 7.05. The smallest absolute Gasteiger partial charge is 0.382 e. The van der Waals surface area contributed by atoms with Crippen LogP contribution in [0.1, 0.15) is 10.6 Å². The molecule has 0 unspecified atom stereocenters. The molecule has 0 amide bonds. The van der Waals surface area contributed by atoms with Gasteiger partial charge in [-0.2, -0.15) is 0 Å². The Hall–Kier alpha value is -2.06. The minimum Gasteiger partial charge on any atom is -0.475 e. The highest BCUT2D eigenvalue weighted by molar-refractivity contribution is 5.82. The maximum absolute atomic E-state index is 10.1. The number of carboxylic acid groups (broad SMARTS) is 1. The van der Waals surface area contributed by atoms with Gasteiger partial charge in [0.05, 0.1) is 9.82 Å². The van der Waals surface area contributed by atoms with Crippen molar-refractivity contribution in [1.29, 1.82) is 0 Å². The predicted octanol–water partition coefficient (Wildman–Crippen LogP) is -1.59. The molecule has 1 aromatic rings. The third-order valence-corrected chi connectivity index (χ3v) is 0.800. The number of hydrogen-bond acceptors (Lipinski definition) is 6. The topological polar surface area (TPSA) is 124 Å². The summed E-state index contributed by atoms with van der Waals surface area (Å²) in [5.74, 6) is -2.37. The zero-order valence-corrected chi connectivity index (χ0v) is 4.91. The number of rotatable bonds is 2. The molecule has 0 fully saturated rings. The van der Waals surface area contributed by atoms with Crippen LogP contribution in [0.4, 0.5) is 0 Å². The molecular weight excluding hydrogens is 158 g/mol. The van der Waals surface area contributed by atoms with E-state index in [9.17, 15) is 14.9 Å². The second-order valence-electron chi connectivity index (χ2n) is 1.43. The average Bonchev–Trinajstić information content (AvgIpc) is 2.32. The van der Waals surface area contributed by atoms with Crippen molar-refractivity contribution in [3.8, 4) is 0 Å². The molecule has 1 aromatic heterocycles. The lowest BCUT2D eigenvalue weighted by Crippen LogP contribution is -2.17. The Kier molecular flexibility index (Phi) is 1.46. The molecule has 0 aliphatic heterocycles. The van der Waals surface area contributed by atoms with Crippen molar-refractivity contribution in [1.82, 2.24) is 20.3 Å². The zero-order chi connectivity index (χ0) is 8.43. The Morgan fingerprint density at radius 1 is 1.73 bits per heavy atom. The van der Waals surface area contributed by atoms with Crippen molar-refractivity contribution in [3.05, 3.63) is 15.9 Å². The molecule has 1 N–H and O–H groups in total. The second kappa shape index (κ2) is 2.28. The molecule has 11 heavy (non-hydrogen) atoms. The summed E-state index contributed by atoms with van der Waals surface area (Å²) in [5.41, 5.74) is 0. The van der Waals surface area contributed by atoms with Gasteiger partial charge in [-0.15, -0.1) is 0 Å². The number of nitrogens with zero attached hydrogens (tertiary/aromatic N) is 5. The number of carboxylic acids is 1. The third kappa shape index (κ3) is 1.10. The van der Waals surface area contributed by atoms with Gasteiger partial charge < -0.3 is 15.2 Å². The highest BCUT2D eigenvalue weighted by Gasteiger charge is 2.21. The van der Waals surface area contributed by atoms with Crippen LogP contribution in [0.15, 0.2) is 0 Å². The minimum atomic E-state index is -1.55. The molecule has 1 heterocycles. The van der Waals surface area contributed by atoms with Crippen molar-refractivity contribution in [2.75, 3.05) is 0 Å². The Morgan fingerprint density at radius 2 is 2.36 bits per heavy atom. The lowest BCUT2D eigenvalue weighted by Gasteiger charge is -1.89. The van der Waals surface area contributed by atoms with E-state index in [0.29, 0.717) is 0 Å². The average molecular weight is 159 g/mol. The zero-order valence-electron chi connectivity index (χ0n) is 4.91. The molecule has 0 saturated carbocycles. The molecule has 0 aliphatic carbocycles. The minimum absolute atomic E-state index is 0.0255. The molecule has 0 bridgehead atoms. The van der Waals surface area contributed by atoms with Crippen LogP contribution in [0, 0.1) is 10.1 Å². The van der Waals surface area contributed by atoms with Crippen LogP contribution in [0.3, 0.4) is 0 Å². The monoisotopic (exact) mass is 159 g/mol. The second-order valence-corrected chi connectivity index (χ2v) is 1.43. The third-order valence-electron chi connectivity index (χ3n) is 0.800. The first-order valence-electron chi connectivity index (χ1n) is 2.29. The molecule has 0 aliphatic rings. The van der Waals surface area contributed by atoms with Crippen LogP contribution < -0.4 is 0 Å². The molecule has 1 rings (SSSR count). The van der Waals surface area contributed by atoms with Crippen molar-refractivity contribution in [2.45, 2.75) is 0 Å². The Morgan fingerprint density at radius 3 is 2.73 bits per heavy atom. The lowest BCUT2D eigenvalue weighted by molar-refractivity contribution is -0.554. The predicted molar refractivity (Wildman–Crippen MR) is 27.2 cm³/mol. The van der Waals surface area contributed by atoms with Crippen molar-refractivity contribution in [3.63, 3.8) is 0 Å². The molecule has 0 atom stereocenters. The van der Waals surface area contributed by atoms with Gasteiger partial charge in [-0.05, 0) is 0 Å². The summed E-state index contributed by atoms with van der Waals surface area (Å²) in [6.45, 7) is 0. The van der Waals surface area contributed by atoms with Gasteiger partial charge in [0.15, 0.2) is 0 Å². The van der Waals surface area contributed by atoms with Crippen LogP contribution >= 0.6 is 0 Å². The van der Waals surface area contributed by atoms with Gasteiger partial charge in [0.25, 0.3) is 0 Å². The Balaban J connectivity index is 3.16. The molecule has 9 heteroatoms. The van der Waals surface area contributed by atoms with E-state index in [0.717, 1.165) is 0 Å². The number of aromatic carboxylic acids is 1. The molecule has 0 aromatic carbocycles. The Labute approximate surface area is 58.4 Å². The Bertz CT molecular complexity index is 275. The fraction of sp³-hybridized carbons (Fsp3) is 0. The lowest BCUT2D eigenvalue weighted by atomic mass is 10.6. The normalized spacial score (nSPS) is 9.45. The summed E-state index contributed by atoms with van der Waals surface area (Å²) < 4.78 is 0.